The van der Waals surface area contributed by atoms with Gasteiger partial charge in [0.05, 0.1) is 12.2 Å². The molecule has 1 aliphatic carbocycles. The van der Waals surface area contributed by atoms with Crippen LogP contribution < -0.4 is 16.0 Å². The van der Waals surface area contributed by atoms with E-state index in [0.29, 0.717) is 11.4 Å². The molecule has 0 radical (unpaired) electrons. The molecular weight excluding hydrogens is 321 g/mol. The molecule has 0 spiro atoms. The van der Waals surface area contributed by atoms with Gasteiger partial charge in [-0.1, -0.05) is 18.2 Å². The number of amides is 2. The van der Waals surface area contributed by atoms with Crippen LogP contribution in [0.2, 0.25) is 0 Å². The van der Waals surface area contributed by atoms with Gasteiger partial charge in [0, 0.05) is 17.3 Å². The van der Waals surface area contributed by atoms with Crippen LogP contribution in [0, 0.1) is 18.7 Å². The summed E-state index contributed by atoms with van der Waals surface area (Å²) in [6, 6.07) is 11.5. The van der Waals surface area contributed by atoms with Crippen LogP contribution in [-0.4, -0.2) is 18.4 Å². The standard InChI is InChI=1S/C19H20FN3O2/c1-12-15(7-4-8-16(12)23-19(25)13-9-10-13)22-18(24)11-21-17-6-3-2-5-14(17)20/h2-8,13,21H,9-11H2,1H3,(H,22,24)(H,23,25). The topological polar surface area (TPSA) is 70.2 Å². The average Bonchev–Trinajstić information content (AvgIpc) is 3.43. The summed E-state index contributed by atoms with van der Waals surface area (Å²) >= 11 is 0. The highest BCUT2D eigenvalue weighted by atomic mass is 19.1. The molecule has 1 aliphatic rings. The van der Waals surface area contributed by atoms with Crippen molar-refractivity contribution >= 4 is 28.9 Å². The summed E-state index contributed by atoms with van der Waals surface area (Å²) in [4.78, 5) is 24.0. The Labute approximate surface area is 145 Å². The molecule has 5 nitrogen and oxygen atoms in total. The molecule has 1 fully saturated rings. The number of hydrogen-bond acceptors (Lipinski definition) is 3. The van der Waals surface area contributed by atoms with Gasteiger partial charge in [-0.2, -0.15) is 0 Å². The Morgan fingerprint density at radius 1 is 1.00 bits per heavy atom. The zero-order chi connectivity index (χ0) is 17.8. The van der Waals surface area contributed by atoms with E-state index in [-0.39, 0.29) is 30.0 Å². The molecule has 3 N–H and O–H groups in total. The van der Waals surface area contributed by atoms with Crippen LogP contribution in [-0.2, 0) is 9.59 Å². The number of para-hydroxylation sites is 1. The lowest BCUT2D eigenvalue weighted by Gasteiger charge is -2.14. The maximum absolute atomic E-state index is 13.5. The molecule has 3 rings (SSSR count). The molecule has 1 saturated carbocycles. The molecule has 0 aliphatic heterocycles. The summed E-state index contributed by atoms with van der Waals surface area (Å²) < 4.78 is 13.5. The fourth-order valence-corrected chi connectivity index (χ4v) is 2.46. The van der Waals surface area contributed by atoms with Gasteiger partial charge in [-0.25, -0.2) is 4.39 Å². The van der Waals surface area contributed by atoms with E-state index >= 15 is 0 Å². The maximum atomic E-state index is 13.5. The molecule has 130 valence electrons. The lowest BCUT2D eigenvalue weighted by Crippen LogP contribution is -2.23. The van der Waals surface area contributed by atoms with Gasteiger partial charge < -0.3 is 16.0 Å². The van der Waals surface area contributed by atoms with Gasteiger partial charge in [0.25, 0.3) is 0 Å². The Morgan fingerprint density at radius 2 is 1.64 bits per heavy atom. The first-order valence-electron chi connectivity index (χ1n) is 8.23. The van der Waals surface area contributed by atoms with Crippen molar-refractivity contribution in [2.45, 2.75) is 19.8 Å². The molecule has 0 unspecified atom stereocenters. The molecule has 0 heterocycles. The highest BCUT2D eigenvalue weighted by Crippen LogP contribution is 2.31. The number of benzene rings is 2. The minimum absolute atomic E-state index is 0.0211. The van der Waals surface area contributed by atoms with Crippen molar-refractivity contribution in [2.24, 2.45) is 5.92 Å². The molecule has 6 heteroatoms. The highest BCUT2D eigenvalue weighted by Gasteiger charge is 2.29. The summed E-state index contributed by atoms with van der Waals surface area (Å²) in [7, 11) is 0. The van der Waals surface area contributed by atoms with Crippen LogP contribution in [0.1, 0.15) is 18.4 Å². The van der Waals surface area contributed by atoms with Crippen molar-refractivity contribution in [3.8, 4) is 0 Å². The minimum atomic E-state index is -0.406. The van der Waals surface area contributed by atoms with Crippen LogP contribution in [0.15, 0.2) is 42.5 Å². The lowest BCUT2D eigenvalue weighted by atomic mass is 10.1. The van der Waals surface area contributed by atoms with Crippen molar-refractivity contribution in [2.75, 3.05) is 22.5 Å². The molecule has 0 aromatic heterocycles. The number of hydrogen-bond donors (Lipinski definition) is 3. The van der Waals surface area contributed by atoms with Gasteiger partial charge in [-0.3, -0.25) is 9.59 Å². The molecule has 0 bridgehead atoms. The van der Waals surface area contributed by atoms with Crippen molar-refractivity contribution in [1.82, 2.24) is 0 Å². The van der Waals surface area contributed by atoms with Gasteiger partial charge in [0.1, 0.15) is 5.82 Å². The number of carbonyl (C=O) groups is 2. The smallest absolute Gasteiger partial charge is 0.243 e. The van der Waals surface area contributed by atoms with E-state index < -0.39 is 5.82 Å². The van der Waals surface area contributed by atoms with E-state index in [1.807, 2.05) is 13.0 Å². The quantitative estimate of drug-likeness (QED) is 0.753. The number of carbonyl (C=O) groups excluding carboxylic acids is 2. The van der Waals surface area contributed by atoms with Crippen LogP contribution >= 0.6 is 0 Å². The molecule has 2 aromatic carbocycles. The van der Waals surface area contributed by atoms with Gasteiger partial charge in [0.15, 0.2) is 0 Å². The van der Waals surface area contributed by atoms with Crippen LogP contribution in [0.4, 0.5) is 21.5 Å². The maximum Gasteiger partial charge on any atom is 0.243 e. The Bertz CT molecular complexity index is 803. The molecule has 0 saturated heterocycles. The third-order valence-electron chi connectivity index (χ3n) is 4.13. The second-order valence-corrected chi connectivity index (χ2v) is 6.12. The third kappa shape index (κ3) is 4.35. The third-order valence-corrected chi connectivity index (χ3v) is 4.13. The van der Waals surface area contributed by atoms with Crippen molar-refractivity contribution in [3.63, 3.8) is 0 Å². The predicted octanol–water partition coefficient (Wildman–Crippen LogP) is 3.53. The lowest BCUT2D eigenvalue weighted by molar-refractivity contribution is -0.117. The summed E-state index contributed by atoms with van der Waals surface area (Å²) in [5, 5.41) is 8.44. The first-order chi connectivity index (χ1) is 12.0. The van der Waals surface area contributed by atoms with E-state index in [2.05, 4.69) is 16.0 Å². The fraction of sp³-hybridized carbons (Fsp3) is 0.263. The second-order valence-electron chi connectivity index (χ2n) is 6.12. The molecular formula is C19H20FN3O2. The summed E-state index contributed by atoms with van der Waals surface area (Å²) in [5.74, 6) is -0.566. The molecule has 25 heavy (non-hydrogen) atoms. The zero-order valence-corrected chi connectivity index (χ0v) is 13.9. The first kappa shape index (κ1) is 17.0. The zero-order valence-electron chi connectivity index (χ0n) is 13.9. The van der Waals surface area contributed by atoms with E-state index in [4.69, 9.17) is 0 Å². The predicted molar refractivity (Wildman–Crippen MR) is 96.1 cm³/mol. The number of halogens is 1. The number of rotatable bonds is 6. The Morgan fingerprint density at radius 3 is 2.32 bits per heavy atom. The minimum Gasteiger partial charge on any atom is -0.374 e. The largest absolute Gasteiger partial charge is 0.374 e. The van der Waals surface area contributed by atoms with Crippen LogP contribution in [0.25, 0.3) is 0 Å². The molecule has 2 amide bonds. The van der Waals surface area contributed by atoms with E-state index in [0.717, 1.165) is 18.4 Å². The van der Waals surface area contributed by atoms with Gasteiger partial charge in [-0.15, -0.1) is 0 Å². The Kier molecular flexibility index (Phi) is 4.97. The van der Waals surface area contributed by atoms with Crippen molar-refractivity contribution in [1.29, 1.82) is 0 Å². The van der Waals surface area contributed by atoms with E-state index in [1.54, 1.807) is 30.3 Å². The monoisotopic (exact) mass is 341 g/mol. The number of anilines is 3. The van der Waals surface area contributed by atoms with Gasteiger partial charge >= 0.3 is 0 Å². The van der Waals surface area contributed by atoms with Crippen LogP contribution in [0.3, 0.4) is 0 Å². The van der Waals surface area contributed by atoms with Crippen molar-refractivity contribution < 1.29 is 14.0 Å². The van der Waals surface area contributed by atoms with E-state index in [1.165, 1.54) is 6.07 Å². The summed E-state index contributed by atoms with van der Waals surface area (Å²) in [5.41, 5.74) is 2.38. The molecule has 0 atom stereocenters. The SMILES string of the molecule is Cc1c(NC(=O)CNc2ccccc2F)cccc1NC(=O)C1CC1. The first-order valence-corrected chi connectivity index (χ1v) is 8.23. The van der Waals surface area contributed by atoms with Crippen LogP contribution in [0.5, 0.6) is 0 Å². The second kappa shape index (κ2) is 7.34. The van der Waals surface area contributed by atoms with Gasteiger partial charge in [-0.05, 0) is 49.6 Å². The molecule has 2 aromatic rings. The number of nitrogens with one attached hydrogen (secondary N) is 3. The fourth-order valence-electron chi connectivity index (χ4n) is 2.46. The Hall–Kier alpha value is -2.89. The van der Waals surface area contributed by atoms with E-state index in [9.17, 15) is 14.0 Å². The summed E-state index contributed by atoms with van der Waals surface area (Å²) in [6.07, 6.45) is 1.87. The van der Waals surface area contributed by atoms with Gasteiger partial charge in [0.2, 0.25) is 11.8 Å². The average molecular weight is 341 g/mol. The van der Waals surface area contributed by atoms with Crippen molar-refractivity contribution in [3.05, 3.63) is 53.8 Å². The summed E-state index contributed by atoms with van der Waals surface area (Å²) in [6.45, 7) is 1.78. The Balaban J connectivity index is 1.61. The normalized spacial score (nSPS) is 13.2. The highest BCUT2D eigenvalue weighted by molar-refractivity contribution is 5.98.